The maximum Gasteiger partial charge on any atom is 0.226 e. The summed E-state index contributed by atoms with van der Waals surface area (Å²) in [6, 6.07) is 0. The zero-order valence-electron chi connectivity index (χ0n) is 15.2. The Bertz CT molecular complexity index is 700. The third-order valence-corrected chi connectivity index (χ3v) is 5.33. The van der Waals surface area contributed by atoms with Crippen LogP contribution in [0.1, 0.15) is 37.9 Å². The SMILES string of the molecule is C[C@@H]1C[C@@H](C)CN(Cc2csc(NC(=O)CCc3cnn(C)c3)n2)C1. The van der Waals surface area contributed by atoms with Crippen LogP contribution in [0.3, 0.4) is 0 Å². The van der Waals surface area contributed by atoms with Gasteiger partial charge in [0.2, 0.25) is 5.91 Å². The van der Waals surface area contributed by atoms with Crippen LogP contribution in [0.5, 0.6) is 0 Å². The minimum absolute atomic E-state index is 0.00460. The molecule has 2 aromatic heterocycles. The van der Waals surface area contributed by atoms with E-state index < -0.39 is 0 Å². The highest BCUT2D eigenvalue weighted by Crippen LogP contribution is 2.24. The summed E-state index contributed by atoms with van der Waals surface area (Å²) >= 11 is 1.51. The van der Waals surface area contributed by atoms with Crippen molar-refractivity contribution in [2.75, 3.05) is 18.4 Å². The van der Waals surface area contributed by atoms with Crippen molar-refractivity contribution in [2.45, 2.75) is 39.7 Å². The van der Waals surface area contributed by atoms with E-state index in [1.165, 1.54) is 17.8 Å². The molecular weight excluding hydrogens is 334 g/mol. The number of anilines is 1. The molecule has 1 aliphatic heterocycles. The predicted octanol–water partition coefficient (Wildman–Crippen LogP) is 2.93. The van der Waals surface area contributed by atoms with Gasteiger partial charge in [-0.2, -0.15) is 5.10 Å². The zero-order valence-corrected chi connectivity index (χ0v) is 16.1. The fraction of sp³-hybridized carbons (Fsp3) is 0.611. The lowest BCUT2D eigenvalue weighted by molar-refractivity contribution is -0.116. The molecule has 0 spiro atoms. The van der Waals surface area contributed by atoms with Gasteiger partial charge in [0.05, 0.1) is 11.9 Å². The standard InChI is InChI=1S/C18H27N5OS/c1-13-6-14(2)9-23(8-13)11-16-12-25-18(20-16)21-17(24)5-4-15-7-19-22(3)10-15/h7,10,12-14H,4-6,8-9,11H2,1-3H3,(H,20,21,24)/t13-,14-/m1/s1. The molecular formula is C18H27N5OS. The number of nitrogens with one attached hydrogen (secondary N) is 1. The van der Waals surface area contributed by atoms with E-state index in [4.69, 9.17) is 0 Å². The van der Waals surface area contributed by atoms with Gasteiger partial charge in [-0.05, 0) is 30.2 Å². The molecule has 0 radical (unpaired) electrons. The van der Waals surface area contributed by atoms with E-state index in [2.05, 4.69) is 39.5 Å². The van der Waals surface area contributed by atoms with Gasteiger partial charge < -0.3 is 5.32 Å². The van der Waals surface area contributed by atoms with E-state index in [1.807, 2.05) is 13.2 Å². The third kappa shape index (κ3) is 5.37. The molecule has 1 aliphatic rings. The number of hydrogen-bond donors (Lipinski definition) is 1. The lowest BCUT2D eigenvalue weighted by atomic mass is 9.92. The van der Waals surface area contributed by atoms with Gasteiger partial charge in [0.1, 0.15) is 0 Å². The van der Waals surface area contributed by atoms with E-state index in [9.17, 15) is 4.79 Å². The number of rotatable bonds is 6. The highest BCUT2D eigenvalue weighted by Gasteiger charge is 2.22. The first kappa shape index (κ1) is 18.1. The minimum atomic E-state index is 0.00460. The molecule has 136 valence electrons. The van der Waals surface area contributed by atoms with Gasteiger partial charge in [0.15, 0.2) is 5.13 Å². The van der Waals surface area contributed by atoms with Crippen molar-refractivity contribution < 1.29 is 4.79 Å². The predicted molar refractivity (Wildman–Crippen MR) is 100 cm³/mol. The lowest BCUT2D eigenvalue weighted by Gasteiger charge is -2.34. The maximum absolute atomic E-state index is 12.1. The summed E-state index contributed by atoms with van der Waals surface area (Å²) in [7, 11) is 1.88. The smallest absolute Gasteiger partial charge is 0.226 e. The number of amides is 1. The highest BCUT2D eigenvalue weighted by molar-refractivity contribution is 7.13. The molecule has 3 heterocycles. The summed E-state index contributed by atoms with van der Waals surface area (Å²) in [6.07, 6.45) is 6.19. The summed E-state index contributed by atoms with van der Waals surface area (Å²) in [5, 5.41) is 9.79. The number of aryl methyl sites for hydroxylation is 2. The molecule has 2 aromatic rings. The Morgan fingerprint density at radius 3 is 2.80 bits per heavy atom. The van der Waals surface area contributed by atoms with E-state index >= 15 is 0 Å². The zero-order chi connectivity index (χ0) is 17.8. The van der Waals surface area contributed by atoms with Crippen molar-refractivity contribution in [3.05, 3.63) is 29.0 Å². The number of piperidine rings is 1. The lowest BCUT2D eigenvalue weighted by Crippen LogP contribution is -2.38. The van der Waals surface area contributed by atoms with Crippen molar-refractivity contribution in [2.24, 2.45) is 18.9 Å². The molecule has 0 saturated carbocycles. The molecule has 25 heavy (non-hydrogen) atoms. The van der Waals surface area contributed by atoms with Crippen molar-refractivity contribution in [3.8, 4) is 0 Å². The highest BCUT2D eigenvalue weighted by atomic mass is 32.1. The molecule has 0 aromatic carbocycles. The number of likely N-dealkylation sites (tertiary alicyclic amines) is 1. The minimum Gasteiger partial charge on any atom is -0.302 e. The average molecular weight is 362 g/mol. The molecule has 0 bridgehead atoms. The third-order valence-electron chi connectivity index (χ3n) is 4.53. The number of thiazole rings is 1. The molecule has 6 nitrogen and oxygen atoms in total. The molecule has 1 amide bonds. The van der Waals surface area contributed by atoms with E-state index in [1.54, 1.807) is 10.9 Å². The van der Waals surface area contributed by atoms with Crippen LogP contribution in [0.2, 0.25) is 0 Å². The van der Waals surface area contributed by atoms with Crippen molar-refractivity contribution in [1.29, 1.82) is 0 Å². The Balaban J connectivity index is 1.47. The first-order valence-electron chi connectivity index (χ1n) is 8.92. The largest absolute Gasteiger partial charge is 0.302 e. The van der Waals surface area contributed by atoms with Gasteiger partial charge in [-0.3, -0.25) is 14.4 Å². The van der Waals surface area contributed by atoms with Crippen LogP contribution in [0, 0.1) is 11.8 Å². The van der Waals surface area contributed by atoms with Crippen LogP contribution in [-0.2, 0) is 24.8 Å². The molecule has 0 unspecified atom stereocenters. The second kappa shape index (κ2) is 8.10. The molecule has 1 saturated heterocycles. The summed E-state index contributed by atoms with van der Waals surface area (Å²) in [4.78, 5) is 19.2. The monoisotopic (exact) mass is 361 g/mol. The van der Waals surface area contributed by atoms with Crippen LogP contribution < -0.4 is 5.32 Å². The van der Waals surface area contributed by atoms with Gasteiger partial charge in [-0.25, -0.2) is 4.98 Å². The Kier molecular flexibility index (Phi) is 5.86. The molecule has 7 heteroatoms. The second-order valence-corrected chi connectivity index (χ2v) is 8.21. The Labute approximate surface area is 153 Å². The second-order valence-electron chi connectivity index (χ2n) is 7.35. The van der Waals surface area contributed by atoms with Crippen molar-refractivity contribution in [1.82, 2.24) is 19.7 Å². The average Bonchev–Trinajstić information content (AvgIpc) is 3.13. The summed E-state index contributed by atoms with van der Waals surface area (Å²) in [5.41, 5.74) is 2.12. The number of aromatic nitrogens is 3. The first-order chi connectivity index (χ1) is 12.0. The quantitative estimate of drug-likeness (QED) is 0.859. The number of carbonyl (C=O) groups is 1. The van der Waals surface area contributed by atoms with Crippen molar-refractivity contribution in [3.63, 3.8) is 0 Å². The fourth-order valence-corrected chi connectivity index (χ4v) is 4.35. The van der Waals surface area contributed by atoms with Crippen LogP contribution >= 0.6 is 11.3 Å². The van der Waals surface area contributed by atoms with E-state index in [-0.39, 0.29) is 5.91 Å². The van der Waals surface area contributed by atoms with Gasteiger partial charge in [0.25, 0.3) is 0 Å². The number of hydrogen-bond acceptors (Lipinski definition) is 5. The maximum atomic E-state index is 12.1. The summed E-state index contributed by atoms with van der Waals surface area (Å²) in [5.74, 6) is 1.49. The van der Waals surface area contributed by atoms with E-state index in [0.29, 0.717) is 18.0 Å². The van der Waals surface area contributed by atoms with Crippen LogP contribution in [0.25, 0.3) is 0 Å². The first-order valence-corrected chi connectivity index (χ1v) is 9.80. The van der Waals surface area contributed by atoms with Gasteiger partial charge >= 0.3 is 0 Å². The Hall–Kier alpha value is -1.73. The fourth-order valence-electron chi connectivity index (χ4n) is 3.63. The Morgan fingerprint density at radius 2 is 2.12 bits per heavy atom. The number of nitrogens with zero attached hydrogens (tertiary/aromatic N) is 4. The molecule has 1 N–H and O–H groups in total. The van der Waals surface area contributed by atoms with Gasteiger partial charge in [0, 0.05) is 44.7 Å². The van der Waals surface area contributed by atoms with Crippen LogP contribution in [0.4, 0.5) is 5.13 Å². The van der Waals surface area contributed by atoms with Crippen molar-refractivity contribution >= 4 is 22.4 Å². The molecule has 0 aliphatic carbocycles. The van der Waals surface area contributed by atoms with Gasteiger partial charge in [-0.15, -0.1) is 11.3 Å². The normalized spacial score (nSPS) is 21.4. The molecule has 1 fully saturated rings. The number of carbonyl (C=O) groups excluding carboxylic acids is 1. The van der Waals surface area contributed by atoms with Crippen LogP contribution in [0.15, 0.2) is 17.8 Å². The van der Waals surface area contributed by atoms with Crippen LogP contribution in [-0.4, -0.2) is 38.7 Å². The van der Waals surface area contributed by atoms with E-state index in [0.717, 1.165) is 42.7 Å². The summed E-state index contributed by atoms with van der Waals surface area (Å²) in [6.45, 7) is 7.77. The van der Waals surface area contributed by atoms with Gasteiger partial charge in [-0.1, -0.05) is 13.8 Å². The topological polar surface area (TPSA) is 63.1 Å². The summed E-state index contributed by atoms with van der Waals surface area (Å²) < 4.78 is 1.75. The molecule has 2 atom stereocenters. The Morgan fingerprint density at radius 1 is 1.36 bits per heavy atom. The molecule has 3 rings (SSSR count).